The van der Waals surface area contributed by atoms with E-state index in [-0.39, 0.29) is 5.29 Å². The van der Waals surface area contributed by atoms with Crippen LogP contribution in [0.5, 0.6) is 0 Å². The van der Waals surface area contributed by atoms with Crippen LogP contribution in [0.25, 0.3) is 0 Å². The Morgan fingerprint density at radius 3 is 2.22 bits per heavy atom. The molecule has 0 amide bonds. The molecule has 1 N–H and O–H groups in total. The highest BCUT2D eigenvalue weighted by atomic mass is 31.1. The van der Waals surface area contributed by atoms with Crippen molar-refractivity contribution in [1.29, 1.82) is 0 Å². The van der Waals surface area contributed by atoms with Crippen LogP contribution < -0.4 is 4.89 Å². The number of rotatable bonds is 2. The van der Waals surface area contributed by atoms with Crippen LogP contribution in [-0.2, 0) is 4.79 Å². The van der Waals surface area contributed by atoms with E-state index >= 15 is 0 Å². The number of carboxylic acids is 1. The fourth-order valence-corrected chi connectivity index (χ4v) is 1.22. The van der Waals surface area contributed by atoms with E-state index in [1.807, 2.05) is 0 Å². The van der Waals surface area contributed by atoms with Crippen molar-refractivity contribution in [2.45, 2.75) is 13.3 Å². The number of aliphatic carboxylic acids is 1. The Kier molecular flexibility index (Phi) is 3.43. The van der Waals surface area contributed by atoms with Crippen LogP contribution in [0.4, 0.5) is 0 Å². The molecular weight excluding hydrogens is 139 g/mol. The van der Waals surface area contributed by atoms with Crippen molar-refractivity contribution in [3.8, 4) is 0 Å². The van der Waals surface area contributed by atoms with E-state index in [2.05, 4.69) is 0 Å². The van der Waals surface area contributed by atoms with E-state index < -0.39 is 13.7 Å². The van der Waals surface area contributed by atoms with E-state index in [1.54, 1.807) is 6.92 Å². The molecule has 0 fully saturated rings. The van der Waals surface area contributed by atoms with Crippen molar-refractivity contribution >= 4 is 19.0 Å². The van der Waals surface area contributed by atoms with Crippen LogP contribution in [-0.4, -0.2) is 23.0 Å². The monoisotopic (exact) mass is 148 g/mol. The van der Waals surface area contributed by atoms with Crippen LogP contribution in [0.2, 0.25) is 0 Å². The first-order valence-electron chi connectivity index (χ1n) is 2.59. The number of hydrogen-bond donors (Lipinski definition) is 1. The van der Waals surface area contributed by atoms with E-state index in [0.29, 0.717) is 6.42 Å². The average molecular weight is 148 g/mol. The Bertz CT molecular complexity index is 146. The maximum absolute atomic E-state index is 10.5. The highest BCUT2D eigenvalue weighted by Gasteiger charge is 2.11. The summed E-state index contributed by atoms with van der Waals surface area (Å²) in [5, 5.41) is 8.44. The molecule has 0 radical (unpaired) electrons. The fourth-order valence-electron chi connectivity index (χ4n) is 0.509. The zero-order chi connectivity index (χ0) is 7.44. The Balaban J connectivity index is 4.35. The van der Waals surface area contributed by atoms with Gasteiger partial charge >= 0.3 is 5.97 Å². The summed E-state index contributed by atoms with van der Waals surface area (Å²) in [6.45, 7) is 3.09. The highest BCUT2D eigenvalue weighted by Crippen LogP contribution is 2.08. The third kappa shape index (κ3) is 2.59. The van der Waals surface area contributed by atoms with Crippen LogP contribution >= 0.6 is 7.77 Å². The quantitative estimate of drug-likeness (QED) is 0.562. The summed E-state index contributed by atoms with van der Waals surface area (Å²) in [7, 11) is -1.64. The molecule has 0 saturated carbocycles. The number of carboxylic acid groups (broad SMARTS) is 1. The summed E-state index contributed by atoms with van der Waals surface area (Å²) < 4.78 is 0. The van der Waals surface area contributed by atoms with Crippen molar-refractivity contribution < 1.29 is 14.8 Å². The molecular formula is C5H9O3P. The Hall–Kier alpha value is -0.400. The summed E-state index contributed by atoms with van der Waals surface area (Å²) in [4.78, 5) is 20.7. The second-order valence-electron chi connectivity index (χ2n) is 1.60. The highest BCUT2D eigenvalue weighted by molar-refractivity contribution is 7.53. The Morgan fingerprint density at radius 1 is 1.78 bits per heavy atom. The van der Waals surface area contributed by atoms with Gasteiger partial charge in [0.05, 0.1) is 14.4 Å². The smallest absolute Gasteiger partial charge is 0.373 e. The molecule has 52 valence electrons. The maximum Gasteiger partial charge on any atom is 0.373 e. The molecule has 4 heteroatoms. The molecule has 0 aliphatic carbocycles. The van der Waals surface area contributed by atoms with Crippen molar-refractivity contribution in [2.24, 2.45) is 0 Å². The van der Waals surface area contributed by atoms with Crippen molar-refractivity contribution in [3.05, 3.63) is 0 Å². The standard InChI is InChI=1S/C5H9O3P/c1-3-4(5(6)7)9(2)8/h3H2,1-2H3,(H,6,7). The van der Waals surface area contributed by atoms with E-state index in [4.69, 9.17) is 5.11 Å². The first-order chi connectivity index (χ1) is 4.09. The lowest BCUT2D eigenvalue weighted by atomic mass is 10.3. The lowest BCUT2D eigenvalue weighted by Gasteiger charge is -1.93. The molecule has 0 aromatic heterocycles. The van der Waals surface area contributed by atoms with Crippen LogP contribution in [0.3, 0.4) is 0 Å². The molecule has 0 aliphatic heterocycles. The molecule has 0 aromatic carbocycles. The number of carbonyl (C=O) groups is 1. The predicted molar refractivity (Wildman–Crippen MR) is 35.8 cm³/mol. The second kappa shape index (κ2) is 3.59. The lowest BCUT2D eigenvalue weighted by molar-refractivity contribution is -0.151. The Labute approximate surface area is 54.8 Å². The lowest BCUT2D eigenvalue weighted by Crippen LogP contribution is -2.13. The zero-order valence-corrected chi connectivity index (χ0v) is 6.31. The summed E-state index contributed by atoms with van der Waals surface area (Å²) in [5.74, 6) is -1.04. The molecule has 0 heterocycles. The van der Waals surface area contributed by atoms with Gasteiger partial charge in [0.1, 0.15) is 0 Å². The third-order valence-electron chi connectivity index (χ3n) is 0.962. The Morgan fingerprint density at radius 2 is 2.22 bits per heavy atom. The van der Waals surface area contributed by atoms with Crippen LogP contribution in [0.15, 0.2) is 0 Å². The molecule has 0 aliphatic rings. The molecule has 0 saturated heterocycles. The summed E-state index contributed by atoms with van der Waals surface area (Å²) in [5.41, 5.74) is 0. The molecule has 0 rings (SSSR count). The van der Waals surface area contributed by atoms with Gasteiger partial charge in [-0.3, -0.25) is 0 Å². The summed E-state index contributed by atoms with van der Waals surface area (Å²) in [6.07, 6.45) is 0.362. The van der Waals surface area contributed by atoms with Gasteiger partial charge in [0.15, 0.2) is 0 Å². The topological polar surface area (TPSA) is 60.4 Å². The van der Waals surface area contributed by atoms with Crippen molar-refractivity contribution in [1.82, 2.24) is 0 Å². The third-order valence-corrected chi connectivity index (χ3v) is 2.23. The molecule has 0 bridgehead atoms. The number of hydrogen-bond acceptors (Lipinski definition) is 2. The van der Waals surface area contributed by atoms with Gasteiger partial charge in [-0.05, 0) is 0 Å². The molecule has 1 unspecified atom stereocenters. The van der Waals surface area contributed by atoms with E-state index in [9.17, 15) is 9.69 Å². The molecule has 0 spiro atoms. The minimum Gasteiger partial charge on any atom is -0.630 e. The minimum absolute atomic E-state index is 0.116. The van der Waals surface area contributed by atoms with Gasteiger partial charge in [-0.15, -0.1) is 0 Å². The van der Waals surface area contributed by atoms with Gasteiger partial charge in [0, 0.05) is 6.42 Å². The first kappa shape index (κ1) is 8.60. The SMILES string of the molecule is CC/C(C(=O)O)=[P+](\C)[O-]. The average Bonchev–Trinajstić information content (AvgIpc) is 1.64. The molecule has 1 atom stereocenters. The van der Waals surface area contributed by atoms with Gasteiger partial charge in [0.25, 0.3) is 0 Å². The summed E-state index contributed by atoms with van der Waals surface area (Å²) >= 11 is 0. The summed E-state index contributed by atoms with van der Waals surface area (Å²) in [6, 6.07) is 0. The van der Waals surface area contributed by atoms with E-state index in [1.165, 1.54) is 6.66 Å². The van der Waals surface area contributed by atoms with Crippen LogP contribution in [0.1, 0.15) is 13.3 Å². The van der Waals surface area contributed by atoms with Gasteiger partial charge in [-0.25, -0.2) is 4.79 Å². The van der Waals surface area contributed by atoms with Crippen molar-refractivity contribution in [3.63, 3.8) is 0 Å². The van der Waals surface area contributed by atoms with Gasteiger partial charge in [0.2, 0.25) is 5.29 Å². The maximum atomic E-state index is 10.5. The first-order valence-corrected chi connectivity index (χ1v) is 4.30. The van der Waals surface area contributed by atoms with Crippen molar-refractivity contribution in [2.75, 3.05) is 6.66 Å². The predicted octanol–water partition coefficient (Wildman–Crippen LogP) is 0.0404. The zero-order valence-electron chi connectivity index (χ0n) is 5.42. The fraction of sp³-hybridized carbons (Fsp3) is 0.600. The normalized spacial score (nSPS) is 12.8. The van der Waals surface area contributed by atoms with E-state index in [0.717, 1.165) is 0 Å². The van der Waals surface area contributed by atoms with Crippen LogP contribution in [0, 0.1) is 0 Å². The van der Waals surface area contributed by atoms with Gasteiger partial charge in [-0.1, -0.05) is 6.92 Å². The molecule has 9 heavy (non-hydrogen) atoms. The molecule has 3 nitrogen and oxygen atoms in total. The van der Waals surface area contributed by atoms with Gasteiger partial charge in [-0.2, -0.15) is 0 Å². The minimum atomic E-state index is -1.64. The van der Waals surface area contributed by atoms with Gasteiger partial charge < -0.3 is 10.00 Å². The molecule has 0 aromatic rings. The second-order valence-corrected chi connectivity index (χ2v) is 3.14. The largest absolute Gasteiger partial charge is 0.630 e.